The van der Waals surface area contributed by atoms with Crippen LogP contribution in [0.25, 0.3) is 56.0 Å². The van der Waals surface area contributed by atoms with Crippen LogP contribution in [-0.4, -0.2) is 41.2 Å². The maximum atomic E-state index is 14.2. The van der Waals surface area contributed by atoms with Crippen LogP contribution >= 0.6 is 0 Å². The summed E-state index contributed by atoms with van der Waals surface area (Å²) in [6.07, 6.45) is 13.1. The molecule has 0 radical (unpaired) electrons. The van der Waals surface area contributed by atoms with Gasteiger partial charge in [-0.05, 0) is 74.1 Å². The van der Waals surface area contributed by atoms with Crippen molar-refractivity contribution in [1.29, 1.82) is 0 Å². The summed E-state index contributed by atoms with van der Waals surface area (Å²) in [5.74, 6) is 1.02. The zero-order valence-electron chi connectivity index (χ0n) is 21.4. The van der Waals surface area contributed by atoms with Gasteiger partial charge in [-0.25, -0.2) is 14.4 Å². The van der Waals surface area contributed by atoms with Crippen molar-refractivity contribution in [2.45, 2.75) is 45.1 Å². The molecule has 0 spiro atoms. The van der Waals surface area contributed by atoms with E-state index < -0.39 is 0 Å². The van der Waals surface area contributed by atoms with Gasteiger partial charge in [-0.15, -0.1) is 0 Å². The SMILES string of the molecule is Cc1cc(F)cc(-c2cncc3[nH]c(-c4n[nH]c5ccc(-c6cncc(OC7CCCCC7)c6)nc45)nc23)c1. The van der Waals surface area contributed by atoms with E-state index >= 15 is 0 Å². The Labute approximate surface area is 223 Å². The van der Waals surface area contributed by atoms with Crippen LogP contribution in [0.1, 0.15) is 37.7 Å². The number of pyridine rings is 3. The molecule has 39 heavy (non-hydrogen) atoms. The molecule has 0 saturated heterocycles. The van der Waals surface area contributed by atoms with Gasteiger partial charge in [0.1, 0.15) is 17.1 Å². The van der Waals surface area contributed by atoms with Gasteiger partial charge < -0.3 is 9.72 Å². The van der Waals surface area contributed by atoms with Crippen LogP contribution in [0.5, 0.6) is 5.75 Å². The highest BCUT2D eigenvalue weighted by atomic mass is 19.1. The molecule has 5 heterocycles. The van der Waals surface area contributed by atoms with Crippen LogP contribution in [0, 0.1) is 12.7 Å². The topological polar surface area (TPSA) is 105 Å². The number of hydrogen-bond acceptors (Lipinski definition) is 6. The van der Waals surface area contributed by atoms with Crippen molar-refractivity contribution in [3.63, 3.8) is 0 Å². The minimum atomic E-state index is -0.296. The van der Waals surface area contributed by atoms with E-state index in [-0.39, 0.29) is 11.9 Å². The number of rotatable bonds is 5. The van der Waals surface area contributed by atoms with Crippen molar-refractivity contribution in [1.82, 2.24) is 35.1 Å². The van der Waals surface area contributed by atoms with Crippen LogP contribution < -0.4 is 4.74 Å². The molecule has 1 fully saturated rings. The van der Waals surface area contributed by atoms with E-state index in [1.165, 1.54) is 31.4 Å². The van der Waals surface area contributed by atoms with Gasteiger partial charge in [0.2, 0.25) is 0 Å². The number of benzene rings is 1. The fourth-order valence-corrected chi connectivity index (χ4v) is 5.37. The van der Waals surface area contributed by atoms with E-state index in [2.05, 4.69) is 25.1 Å². The lowest BCUT2D eigenvalue weighted by Crippen LogP contribution is -2.19. The first kappa shape index (κ1) is 23.5. The molecule has 0 aliphatic heterocycles. The molecule has 0 atom stereocenters. The lowest BCUT2D eigenvalue weighted by Gasteiger charge is -2.22. The summed E-state index contributed by atoms with van der Waals surface area (Å²) in [5, 5.41) is 7.58. The summed E-state index contributed by atoms with van der Waals surface area (Å²) >= 11 is 0. The van der Waals surface area contributed by atoms with E-state index in [1.807, 2.05) is 31.2 Å². The number of H-pyrrole nitrogens is 2. The summed E-state index contributed by atoms with van der Waals surface area (Å²) in [6.45, 7) is 1.86. The van der Waals surface area contributed by atoms with E-state index in [0.29, 0.717) is 22.6 Å². The van der Waals surface area contributed by atoms with Crippen molar-refractivity contribution in [2.75, 3.05) is 0 Å². The summed E-state index contributed by atoms with van der Waals surface area (Å²) in [6, 6.07) is 10.8. The van der Waals surface area contributed by atoms with Gasteiger partial charge in [0.15, 0.2) is 11.5 Å². The second kappa shape index (κ2) is 9.58. The molecule has 9 heteroatoms. The number of ether oxygens (including phenoxy) is 1. The lowest BCUT2D eigenvalue weighted by molar-refractivity contribution is 0.154. The fraction of sp³-hybridized carbons (Fsp3) is 0.233. The van der Waals surface area contributed by atoms with Crippen LogP contribution in [-0.2, 0) is 0 Å². The van der Waals surface area contributed by atoms with Crippen LogP contribution in [0.4, 0.5) is 4.39 Å². The summed E-state index contributed by atoms with van der Waals surface area (Å²) in [7, 11) is 0. The number of imidazole rings is 1. The molecule has 8 nitrogen and oxygen atoms in total. The second-order valence-electron chi connectivity index (χ2n) is 10.1. The van der Waals surface area contributed by atoms with Crippen LogP contribution in [0.2, 0.25) is 0 Å². The van der Waals surface area contributed by atoms with Crippen molar-refractivity contribution in [2.24, 2.45) is 0 Å². The highest BCUT2D eigenvalue weighted by Gasteiger charge is 2.19. The maximum Gasteiger partial charge on any atom is 0.161 e. The van der Waals surface area contributed by atoms with Crippen LogP contribution in [0.15, 0.2) is 61.2 Å². The third-order valence-electron chi connectivity index (χ3n) is 7.24. The first-order valence-electron chi connectivity index (χ1n) is 13.2. The molecule has 2 N–H and O–H groups in total. The van der Waals surface area contributed by atoms with E-state index in [1.54, 1.807) is 24.8 Å². The summed E-state index contributed by atoms with van der Waals surface area (Å²) in [4.78, 5) is 21.9. The van der Waals surface area contributed by atoms with Gasteiger partial charge in [0.25, 0.3) is 0 Å². The largest absolute Gasteiger partial charge is 0.489 e. The van der Waals surface area contributed by atoms with E-state index in [0.717, 1.165) is 57.6 Å². The molecule has 0 unspecified atom stereocenters. The predicted octanol–water partition coefficient (Wildman–Crippen LogP) is 6.78. The number of halogens is 1. The molecule has 1 saturated carbocycles. The Kier molecular flexibility index (Phi) is 5.76. The zero-order valence-corrected chi connectivity index (χ0v) is 21.4. The Hall–Kier alpha value is -4.66. The number of nitrogens with zero attached hydrogens (tertiary/aromatic N) is 5. The van der Waals surface area contributed by atoms with Gasteiger partial charge in [0.05, 0.1) is 40.7 Å². The van der Waals surface area contributed by atoms with E-state index in [9.17, 15) is 4.39 Å². The molecule has 1 aliphatic rings. The number of aryl methyl sites for hydroxylation is 1. The van der Waals surface area contributed by atoms with Gasteiger partial charge in [0, 0.05) is 23.5 Å². The average molecular weight is 520 g/mol. The minimum absolute atomic E-state index is 0.246. The van der Waals surface area contributed by atoms with Crippen molar-refractivity contribution >= 4 is 22.1 Å². The van der Waals surface area contributed by atoms with Gasteiger partial charge in [-0.3, -0.25) is 15.1 Å². The predicted molar refractivity (Wildman–Crippen MR) is 148 cm³/mol. The molecule has 1 aromatic carbocycles. The molecular formula is C30H26FN7O. The Morgan fingerprint density at radius 2 is 1.72 bits per heavy atom. The highest BCUT2D eigenvalue weighted by molar-refractivity contribution is 5.95. The number of aromatic amines is 2. The first-order valence-corrected chi connectivity index (χ1v) is 13.2. The average Bonchev–Trinajstić information content (AvgIpc) is 3.57. The molecular weight excluding hydrogens is 493 g/mol. The third kappa shape index (κ3) is 4.50. The number of hydrogen-bond donors (Lipinski definition) is 2. The second-order valence-corrected chi connectivity index (χ2v) is 10.1. The van der Waals surface area contributed by atoms with Gasteiger partial charge in [-0.1, -0.05) is 12.5 Å². The van der Waals surface area contributed by atoms with Gasteiger partial charge in [-0.2, -0.15) is 5.10 Å². The molecule has 5 aromatic heterocycles. The minimum Gasteiger partial charge on any atom is -0.489 e. The third-order valence-corrected chi connectivity index (χ3v) is 7.24. The number of fused-ring (bicyclic) bond motifs is 2. The molecule has 7 rings (SSSR count). The Balaban J connectivity index is 1.26. The molecule has 0 bridgehead atoms. The smallest absolute Gasteiger partial charge is 0.161 e. The Morgan fingerprint density at radius 1 is 0.846 bits per heavy atom. The normalized spacial score (nSPS) is 14.3. The quantitative estimate of drug-likeness (QED) is 0.260. The monoisotopic (exact) mass is 519 g/mol. The first-order chi connectivity index (χ1) is 19.1. The summed E-state index contributed by atoms with van der Waals surface area (Å²) < 4.78 is 20.4. The number of nitrogens with one attached hydrogen (secondary N) is 2. The number of aromatic nitrogens is 7. The molecule has 0 amide bonds. The van der Waals surface area contributed by atoms with Gasteiger partial charge >= 0.3 is 0 Å². The maximum absolute atomic E-state index is 14.2. The summed E-state index contributed by atoms with van der Waals surface area (Å²) in [5.41, 5.74) is 7.41. The van der Waals surface area contributed by atoms with Crippen molar-refractivity contribution in [3.8, 4) is 39.7 Å². The van der Waals surface area contributed by atoms with Crippen molar-refractivity contribution in [3.05, 3.63) is 72.6 Å². The molecule has 194 valence electrons. The highest BCUT2D eigenvalue weighted by Crippen LogP contribution is 2.32. The Bertz CT molecular complexity index is 1800. The standard InChI is InChI=1S/C30H26FN7O/c1-17-9-18(11-20(31)10-17)23-15-33-16-26-27(23)36-30(35-26)29-28-25(37-38-29)8-7-24(34-28)19-12-22(14-32-13-19)39-21-5-3-2-4-6-21/h7-16,21H,2-6H2,1H3,(H,35,36)(H,37,38). The van der Waals surface area contributed by atoms with Crippen LogP contribution in [0.3, 0.4) is 0 Å². The Morgan fingerprint density at radius 3 is 2.59 bits per heavy atom. The van der Waals surface area contributed by atoms with E-state index in [4.69, 9.17) is 14.7 Å². The lowest BCUT2D eigenvalue weighted by atomic mass is 9.98. The molecule has 1 aliphatic carbocycles. The zero-order chi connectivity index (χ0) is 26.3. The molecule has 6 aromatic rings. The van der Waals surface area contributed by atoms with Crippen molar-refractivity contribution < 1.29 is 9.13 Å². The fourth-order valence-electron chi connectivity index (χ4n) is 5.37.